The van der Waals surface area contributed by atoms with E-state index in [1.807, 2.05) is 21.2 Å². The average Bonchev–Trinajstić information content (AvgIpc) is 2.04. The van der Waals surface area contributed by atoms with Crippen LogP contribution in [-0.2, 0) is 4.79 Å². The van der Waals surface area contributed by atoms with Gasteiger partial charge in [-0.15, -0.1) is 0 Å². The van der Waals surface area contributed by atoms with Gasteiger partial charge < -0.3 is 5.32 Å². The number of amides is 1. The summed E-state index contributed by atoms with van der Waals surface area (Å²) >= 11 is 1.94. The molecule has 0 saturated heterocycles. The second-order valence-electron chi connectivity index (χ2n) is 2.19. The highest BCUT2D eigenvalue weighted by Crippen LogP contribution is 2.23. The van der Waals surface area contributed by atoms with Crippen molar-refractivity contribution >= 4 is 27.5 Å². The molecule has 0 aromatic carbocycles. The number of halogens is 3. The number of nitrogens with zero attached hydrogens (tertiary/aromatic N) is 1. The minimum atomic E-state index is -3.55. The molecule has 13 heavy (non-hydrogen) atoms. The second kappa shape index (κ2) is 3.78. The van der Waals surface area contributed by atoms with Crippen LogP contribution in [0.5, 0.6) is 0 Å². The van der Waals surface area contributed by atoms with Crippen LogP contribution in [0.1, 0.15) is 0 Å². The van der Waals surface area contributed by atoms with Crippen LogP contribution in [0.4, 0.5) is 14.5 Å². The fourth-order valence-corrected chi connectivity index (χ4v) is 0.736. The van der Waals surface area contributed by atoms with E-state index >= 15 is 0 Å². The molecule has 0 saturated carbocycles. The molecule has 1 aromatic heterocycles. The molecule has 1 aromatic rings. The van der Waals surface area contributed by atoms with Gasteiger partial charge in [-0.3, -0.25) is 9.78 Å². The molecule has 0 radical (unpaired) electrons. The third-order valence-corrected chi connectivity index (χ3v) is 1.56. The third-order valence-electron chi connectivity index (χ3n) is 1.20. The zero-order valence-electron chi connectivity index (χ0n) is 6.30. The van der Waals surface area contributed by atoms with Crippen LogP contribution in [0.3, 0.4) is 0 Å². The fraction of sp³-hybridized carbons (Fsp3) is 0.143. The summed E-state index contributed by atoms with van der Waals surface area (Å²) in [4.78, 5) is 10.8. The summed E-state index contributed by atoms with van der Waals surface area (Å²) < 4.78 is 24.6. The van der Waals surface area contributed by atoms with Crippen LogP contribution in [-0.4, -0.2) is 15.7 Å². The molecule has 0 spiro atoms. The first-order valence-electron chi connectivity index (χ1n) is 3.28. The third kappa shape index (κ3) is 3.06. The first-order chi connectivity index (χ1) is 6.00. The molecule has 0 atom stereocenters. The molecule has 1 N–H and O–H groups in total. The van der Waals surface area contributed by atoms with Crippen molar-refractivity contribution in [3.63, 3.8) is 0 Å². The van der Waals surface area contributed by atoms with E-state index in [1.54, 1.807) is 0 Å². The van der Waals surface area contributed by atoms with Crippen molar-refractivity contribution in [3.8, 4) is 0 Å². The van der Waals surface area contributed by atoms with E-state index in [1.165, 1.54) is 24.5 Å². The summed E-state index contributed by atoms with van der Waals surface area (Å²) in [6.07, 6.45) is 2.78. The van der Waals surface area contributed by atoms with E-state index in [0.29, 0.717) is 0 Å². The highest BCUT2D eigenvalue weighted by atomic mass is 79.9. The number of carbonyl (C=O) groups is 1. The number of hydrogen-bond donors (Lipinski definition) is 1. The van der Waals surface area contributed by atoms with Gasteiger partial charge in [0.1, 0.15) is 0 Å². The summed E-state index contributed by atoms with van der Waals surface area (Å²) in [7, 11) is 0. The molecule has 70 valence electrons. The van der Waals surface area contributed by atoms with Crippen molar-refractivity contribution in [2.45, 2.75) is 4.83 Å². The Labute approximate surface area is 81.3 Å². The highest BCUT2D eigenvalue weighted by molar-refractivity contribution is 9.10. The largest absolute Gasteiger partial charge is 0.378 e. The minimum Gasteiger partial charge on any atom is -0.320 e. The zero-order chi connectivity index (χ0) is 9.90. The maximum absolute atomic E-state index is 12.3. The molecule has 1 heterocycles. The first-order valence-corrected chi connectivity index (χ1v) is 4.07. The van der Waals surface area contributed by atoms with Crippen molar-refractivity contribution in [3.05, 3.63) is 24.5 Å². The molecule has 1 amide bonds. The number of anilines is 1. The lowest BCUT2D eigenvalue weighted by atomic mass is 10.4. The van der Waals surface area contributed by atoms with E-state index in [0.717, 1.165) is 0 Å². The Balaban J connectivity index is 2.66. The second-order valence-corrected chi connectivity index (χ2v) is 3.18. The Morgan fingerprint density at radius 3 is 2.46 bits per heavy atom. The van der Waals surface area contributed by atoms with Crippen LogP contribution in [0.25, 0.3) is 0 Å². The van der Waals surface area contributed by atoms with Gasteiger partial charge in [-0.25, -0.2) is 0 Å². The standard InChI is InChI=1S/C7H5BrF2N2O/c8-7(9,10)6(13)12-5-1-3-11-4-2-5/h1-4H,(H,11,12,13). The first kappa shape index (κ1) is 10.0. The minimum absolute atomic E-state index is 0.277. The average molecular weight is 251 g/mol. The molecule has 0 unspecified atom stereocenters. The van der Waals surface area contributed by atoms with Crippen LogP contribution in [0.15, 0.2) is 24.5 Å². The molecule has 3 nitrogen and oxygen atoms in total. The molecule has 0 aliphatic carbocycles. The number of nitrogens with one attached hydrogen (secondary N) is 1. The molecule has 0 bridgehead atoms. The van der Waals surface area contributed by atoms with Crippen LogP contribution in [0, 0.1) is 0 Å². The fourth-order valence-electron chi connectivity index (χ4n) is 0.637. The van der Waals surface area contributed by atoms with Crippen LogP contribution < -0.4 is 5.32 Å². The van der Waals surface area contributed by atoms with Crippen LogP contribution in [0.2, 0.25) is 0 Å². The van der Waals surface area contributed by atoms with Crippen molar-refractivity contribution < 1.29 is 13.6 Å². The van der Waals surface area contributed by atoms with Gasteiger partial charge in [-0.2, -0.15) is 8.78 Å². The highest BCUT2D eigenvalue weighted by Gasteiger charge is 2.34. The predicted molar refractivity (Wildman–Crippen MR) is 46.7 cm³/mol. The van der Waals surface area contributed by atoms with Crippen molar-refractivity contribution in [1.29, 1.82) is 0 Å². The van der Waals surface area contributed by atoms with Gasteiger partial charge in [-0.1, -0.05) is 0 Å². The van der Waals surface area contributed by atoms with Gasteiger partial charge in [0.15, 0.2) is 0 Å². The maximum atomic E-state index is 12.3. The Morgan fingerprint density at radius 1 is 1.46 bits per heavy atom. The topological polar surface area (TPSA) is 42.0 Å². The summed E-state index contributed by atoms with van der Waals surface area (Å²) in [5.74, 6) is -1.40. The van der Waals surface area contributed by atoms with Gasteiger partial charge in [0.05, 0.1) is 0 Å². The number of alkyl halides is 3. The zero-order valence-corrected chi connectivity index (χ0v) is 7.88. The summed E-state index contributed by atoms with van der Waals surface area (Å²) in [6, 6.07) is 2.83. The van der Waals surface area contributed by atoms with E-state index in [4.69, 9.17) is 0 Å². The van der Waals surface area contributed by atoms with Gasteiger partial charge in [0.25, 0.3) is 0 Å². The summed E-state index contributed by atoms with van der Waals surface area (Å²) in [5, 5.41) is 2.01. The quantitative estimate of drug-likeness (QED) is 0.817. The number of aromatic nitrogens is 1. The molecule has 0 fully saturated rings. The van der Waals surface area contributed by atoms with Crippen molar-refractivity contribution in [2.75, 3.05) is 5.32 Å². The number of rotatable bonds is 2. The van der Waals surface area contributed by atoms with E-state index in [9.17, 15) is 13.6 Å². The van der Waals surface area contributed by atoms with E-state index < -0.39 is 10.7 Å². The normalized spacial score (nSPS) is 11.0. The lowest BCUT2D eigenvalue weighted by Gasteiger charge is -2.08. The molecule has 6 heteroatoms. The summed E-state index contributed by atoms with van der Waals surface area (Å²) in [5.41, 5.74) is 0.277. The number of hydrogen-bond acceptors (Lipinski definition) is 2. The molecular formula is C7H5BrF2N2O. The lowest BCUT2D eigenvalue weighted by Crippen LogP contribution is -2.28. The smallest absolute Gasteiger partial charge is 0.320 e. The molecule has 0 aliphatic heterocycles. The maximum Gasteiger partial charge on any atom is 0.378 e. The summed E-state index contributed by atoms with van der Waals surface area (Å²) in [6.45, 7) is 0. The Hall–Kier alpha value is -1.04. The van der Waals surface area contributed by atoms with E-state index in [2.05, 4.69) is 4.98 Å². The van der Waals surface area contributed by atoms with Crippen LogP contribution >= 0.6 is 15.9 Å². The van der Waals surface area contributed by atoms with Gasteiger partial charge >= 0.3 is 10.7 Å². The Bertz CT molecular complexity index is 299. The van der Waals surface area contributed by atoms with Crippen molar-refractivity contribution in [2.24, 2.45) is 0 Å². The number of pyridine rings is 1. The lowest BCUT2D eigenvalue weighted by molar-refractivity contribution is -0.128. The van der Waals surface area contributed by atoms with E-state index in [-0.39, 0.29) is 5.69 Å². The monoisotopic (exact) mass is 250 g/mol. The SMILES string of the molecule is O=C(Nc1ccncc1)C(F)(F)Br. The Morgan fingerprint density at radius 2 is 2.00 bits per heavy atom. The van der Waals surface area contributed by atoms with Gasteiger partial charge in [0.2, 0.25) is 0 Å². The van der Waals surface area contributed by atoms with Crippen molar-refractivity contribution in [1.82, 2.24) is 4.98 Å². The Kier molecular flexibility index (Phi) is 2.92. The molecule has 0 aliphatic rings. The molecular weight excluding hydrogens is 246 g/mol. The molecule has 1 rings (SSSR count). The van der Waals surface area contributed by atoms with Gasteiger partial charge in [-0.05, 0) is 12.1 Å². The predicted octanol–water partition coefficient (Wildman–Crippen LogP) is 2.01. The van der Waals surface area contributed by atoms with Gasteiger partial charge in [0, 0.05) is 34.0 Å². The number of carbonyl (C=O) groups excluding carboxylic acids is 1.